The van der Waals surface area contributed by atoms with Gasteiger partial charge in [-0.25, -0.2) is 0 Å². The highest BCUT2D eigenvalue weighted by molar-refractivity contribution is 7.15. The molecule has 0 aromatic carbocycles. The van der Waals surface area contributed by atoms with E-state index in [4.69, 9.17) is 6.42 Å². The van der Waals surface area contributed by atoms with Gasteiger partial charge < -0.3 is 5.32 Å². The van der Waals surface area contributed by atoms with Crippen molar-refractivity contribution in [3.63, 3.8) is 0 Å². The predicted octanol–water partition coefficient (Wildman–Crippen LogP) is 1.67. The SMILES string of the molecule is C#CC(CC)Nc1nnc(C)s1. The molecule has 0 spiro atoms. The zero-order chi connectivity index (χ0) is 8.97. The number of anilines is 1. The van der Waals surface area contributed by atoms with E-state index in [-0.39, 0.29) is 6.04 Å². The van der Waals surface area contributed by atoms with E-state index in [2.05, 4.69) is 21.4 Å². The van der Waals surface area contributed by atoms with E-state index in [0.29, 0.717) is 0 Å². The zero-order valence-electron chi connectivity index (χ0n) is 7.16. The second-order valence-electron chi connectivity index (χ2n) is 2.40. The molecule has 0 radical (unpaired) electrons. The fraction of sp³-hybridized carbons (Fsp3) is 0.500. The van der Waals surface area contributed by atoms with Crippen LogP contribution in [0.5, 0.6) is 0 Å². The molecule has 3 nitrogen and oxygen atoms in total. The second kappa shape index (κ2) is 4.07. The summed E-state index contributed by atoms with van der Waals surface area (Å²) < 4.78 is 0. The Labute approximate surface area is 76.2 Å². The molecule has 12 heavy (non-hydrogen) atoms. The summed E-state index contributed by atoms with van der Waals surface area (Å²) in [5.41, 5.74) is 0. The van der Waals surface area contributed by atoms with E-state index < -0.39 is 0 Å². The van der Waals surface area contributed by atoms with Crippen LogP contribution >= 0.6 is 11.3 Å². The molecule has 0 aliphatic heterocycles. The van der Waals surface area contributed by atoms with Crippen molar-refractivity contribution in [1.82, 2.24) is 10.2 Å². The predicted molar refractivity (Wildman–Crippen MR) is 51.2 cm³/mol. The normalized spacial score (nSPS) is 12.1. The lowest BCUT2D eigenvalue weighted by Crippen LogP contribution is -2.15. The maximum absolute atomic E-state index is 5.28. The molecule has 1 N–H and O–H groups in total. The first-order valence-corrected chi connectivity index (χ1v) is 4.60. The van der Waals surface area contributed by atoms with Crippen molar-refractivity contribution in [2.24, 2.45) is 0 Å². The second-order valence-corrected chi connectivity index (χ2v) is 3.58. The van der Waals surface area contributed by atoms with Crippen LogP contribution in [0.3, 0.4) is 0 Å². The Morgan fingerprint density at radius 3 is 2.83 bits per heavy atom. The Balaban J connectivity index is 2.58. The van der Waals surface area contributed by atoms with Gasteiger partial charge in [0.15, 0.2) is 0 Å². The molecule has 0 fully saturated rings. The average Bonchev–Trinajstić information content (AvgIpc) is 2.47. The summed E-state index contributed by atoms with van der Waals surface area (Å²) in [5, 5.41) is 12.6. The van der Waals surface area contributed by atoms with Gasteiger partial charge in [-0.2, -0.15) is 0 Å². The third-order valence-electron chi connectivity index (χ3n) is 1.43. The summed E-state index contributed by atoms with van der Waals surface area (Å²) in [6, 6.07) is 0.0670. The van der Waals surface area contributed by atoms with E-state index in [1.807, 2.05) is 13.8 Å². The first kappa shape index (κ1) is 9.01. The van der Waals surface area contributed by atoms with Crippen LogP contribution in [0.2, 0.25) is 0 Å². The number of rotatable bonds is 3. The van der Waals surface area contributed by atoms with E-state index in [1.54, 1.807) is 0 Å². The molecule has 0 aliphatic rings. The standard InChI is InChI=1S/C8H11N3S/c1-4-7(5-2)9-8-11-10-6(3)12-8/h1,7H,5H2,2-3H3,(H,9,11). The molecule has 1 aromatic heterocycles. The fourth-order valence-electron chi connectivity index (χ4n) is 0.766. The Hall–Kier alpha value is -1.08. The minimum atomic E-state index is 0.0670. The highest BCUT2D eigenvalue weighted by Gasteiger charge is 2.04. The fourth-order valence-corrected chi connectivity index (χ4v) is 1.41. The summed E-state index contributed by atoms with van der Waals surface area (Å²) in [5.74, 6) is 2.64. The van der Waals surface area contributed by atoms with E-state index in [9.17, 15) is 0 Å². The molecule has 1 heterocycles. The lowest BCUT2D eigenvalue weighted by Gasteiger charge is -2.06. The van der Waals surface area contributed by atoms with Gasteiger partial charge in [-0.15, -0.1) is 16.6 Å². The Morgan fingerprint density at radius 1 is 1.67 bits per heavy atom. The number of aromatic nitrogens is 2. The van der Waals surface area contributed by atoms with Crippen LogP contribution < -0.4 is 5.32 Å². The van der Waals surface area contributed by atoms with Crippen LogP contribution in [-0.2, 0) is 0 Å². The van der Waals surface area contributed by atoms with Gasteiger partial charge in [-0.1, -0.05) is 24.2 Å². The number of nitrogens with one attached hydrogen (secondary N) is 1. The van der Waals surface area contributed by atoms with Crippen molar-refractivity contribution in [2.45, 2.75) is 26.3 Å². The van der Waals surface area contributed by atoms with Gasteiger partial charge in [0.25, 0.3) is 0 Å². The van der Waals surface area contributed by atoms with Crippen molar-refractivity contribution in [2.75, 3.05) is 5.32 Å². The Kier molecular flexibility index (Phi) is 3.06. The number of hydrogen-bond donors (Lipinski definition) is 1. The largest absolute Gasteiger partial charge is 0.346 e. The number of aryl methyl sites for hydroxylation is 1. The van der Waals surface area contributed by atoms with Gasteiger partial charge in [0, 0.05) is 0 Å². The van der Waals surface area contributed by atoms with E-state index in [1.165, 1.54) is 11.3 Å². The van der Waals surface area contributed by atoms with Crippen LogP contribution in [0.1, 0.15) is 18.4 Å². The van der Waals surface area contributed by atoms with Crippen LogP contribution in [0.4, 0.5) is 5.13 Å². The number of nitrogens with zero attached hydrogens (tertiary/aromatic N) is 2. The first-order valence-electron chi connectivity index (χ1n) is 3.79. The summed E-state index contributed by atoms with van der Waals surface area (Å²) >= 11 is 1.52. The van der Waals surface area contributed by atoms with Crippen LogP contribution in [-0.4, -0.2) is 16.2 Å². The molecule has 0 saturated heterocycles. The van der Waals surface area contributed by atoms with E-state index >= 15 is 0 Å². The average molecular weight is 181 g/mol. The number of terminal acetylenes is 1. The Morgan fingerprint density at radius 2 is 2.42 bits per heavy atom. The van der Waals surface area contributed by atoms with Crippen LogP contribution in [0.15, 0.2) is 0 Å². The monoisotopic (exact) mass is 181 g/mol. The van der Waals surface area contributed by atoms with Gasteiger partial charge in [-0.3, -0.25) is 0 Å². The molecule has 1 atom stereocenters. The highest BCUT2D eigenvalue weighted by Crippen LogP contribution is 2.14. The van der Waals surface area contributed by atoms with Gasteiger partial charge in [0.2, 0.25) is 5.13 Å². The minimum absolute atomic E-state index is 0.0670. The third kappa shape index (κ3) is 2.21. The first-order chi connectivity index (χ1) is 5.76. The quantitative estimate of drug-likeness (QED) is 0.721. The molecular formula is C8H11N3S. The molecule has 1 rings (SSSR count). The minimum Gasteiger partial charge on any atom is -0.346 e. The molecule has 0 bridgehead atoms. The Bertz CT molecular complexity index is 287. The zero-order valence-corrected chi connectivity index (χ0v) is 7.98. The topological polar surface area (TPSA) is 37.8 Å². The maximum Gasteiger partial charge on any atom is 0.206 e. The molecule has 0 saturated carbocycles. The summed E-state index contributed by atoms with van der Waals surface area (Å²) in [7, 11) is 0. The molecule has 64 valence electrons. The summed E-state index contributed by atoms with van der Waals surface area (Å²) in [6.07, 6.45) is 6.18. The van der Waals surface area contributed by atoms with Gasteiger partial charge in [-0.05, 0) is 13.3 Å². The third-order valence-corrected chi connectivity index (χ3v) is 2.20. The summed E-state index contributed by atoms with van der Waals surface area (Å²) in [4.78, 5) is 0. The molecular weight excluding hydrogens is 170 g/mol. The van der Waals surface area contributed by atoms with Gasteiger partial charge >= 0.3 is 0 Å². The van der Waals surface area contributed by atoms with Crippen molar-refractivity contribution in [3.8, 4) is 12.3 Å². The maximum atomic E-state index is 5.28. The van der Waals surface area contributed by atoms with Gasteiger partial charge in [0.05, 0.1) is 6.04 Å². The molecule has 0 aliphatic carbocycles. The van der Waals surface area contributed by atoms with Crippen LogP contribution in [0, 0.1) is 19.3 Å². The van der Waals surface area contributed by atoms with Crippen LogP contribution in [0.25, 0.3) is 0 Å². The van der Waals surface area contributed by atoms with Crippen molar-refractivity contribution in [1.29, 1.82) is 0 Å². The molecule has 0 amide bonds. The van der Waals surface area contributed by atoms with Crippen molar-refractivity contribution >= 4 is 16.5 Å². The van der Waals surface area contributed by atoms with Gasteiger partial charge in [0.1, 0.15) is 5.01 Å². The van der Waals surface area contributed by atoms with Crippen molar-refractivity contribution < 1.29 is 0 Å². The highest BCUT2D eigenvalue weighted by atomic mass is 32.1. The molecule has 1 unspecified atom stereocenters. The smallest absolute Gasteiger partial charge is 0.206 e. The number of hydrogen-bond acceptors (Lipinski definition) is 4. The molecule has 4 heteroatoms. The molecule has 1 aromatic rings. The lowest BCUT2D eigenvalue weighted by molar-refractivity contribution is 0.850. The van der Waals surface area contributed by atoms with E-state index in [0.717, 1.165) is 16.6 Å². The van der Waals surface area contributed by atoms with Crippen molar-refractivity contribution in [3.05, 3.63) is 5.01 Å². The summed E-state index contributed by atoms with van der Waals surface area (Å²) in [6.45, 7) is 3.95. The lowest BCUT2D eigenvalue weighted by atomic mass is 10.2.